The van der Waals surface area contributed by atoms with Crippen molar-refractivity contribution in [3.8, 4) is 24.0 Å². The number of nitriles is 3. The molecule has 0 spiro atoms. The van der Waals surface area contributed by atoms with Crippen LogP contribution in [-0.2, 0) is 0 Å². The van der Waals surface area contributed by atoms with E-state index in [-0.39, 0.29) is 17.2 Å². The van der Waals surface area contributed by atoms with Gasteiger partial charge in [-0.2, -0.15) is 15.8 Å². The van der Waals surface area contributed by atoms with Gasteiger partial charge in [-0.25, -0.2) is 0 Å². The predicted molar refractivity (Wildman–Crippen MR) is 105 cm³/mol. The fourth-order valence-electron chi connectivity index (χ4n) is 4.43. The summed E-state index contributed by atoms with van der Waals surface area (Å²) >= 11 is 0. The molecule has 1 aromatic carbocycles. The maximum atomic E-state index is 10.1. The molecule has 28 heavy (non-hydrogen) atoms. The topological polar surface area (TPSA) is 110 Å². The maximum absolute atomic E-state index is 10.1. The summed E-state index contributed by atoms with van der Waals surface area (Å²) < 4.78 is 5.25. The lowest BCUT2D eigenvalue weighted by atomic mass is 9.58. The highest BCUT2D eigenvalue weighted by Gasteiger charge is 2.54. The van der Waals surface area contributed by atoms with Crippen molar-refractivity contribution in [2.45, 2.75) is 19.3 Å². The first kappa shape index (κ1) is 19.5. The van der Waals surface area contributed by atoms with Crippen molar-refractivity contribution in [1.82, 2.24) is 4.90 Å². The minimum atomic E-state index is -1.59. The van der Waals surface area contributed by atoms with Gasteiger partial charge in [-0.05, 0) is 36.2 Å². The number of methoxy groups -OCH3 is 1. The van der Waals surface area contributed by atoms with Crippen molar-refractivity contribution in [3.63, 3.8) is 0 Å². The van der Waals surface area contributed by atoms with E-state index in [2.05, 4.69) is 30.0 Å². The standard InChI is InChI=1S/C22H23N5O/c1-3-9-27-10-8-17-18(11-23)21(26)22(13-24,14-25)20(19(17)12-27)15-4-6-16(28-2)7-5-15/h4-8,19-20H,3,9-10,12,26H2,1-2H3. The number of benzene rings is 1. The van der Waals surface area contributed by atoms with E-state index in [1.807, 2.05) is 30.3 Å². The van der Waals surface area contributed by atoms with Crippen LogP contribution in [0, 0.1) is 45.3 Å². The van der Waals surface area contributed by atoms with Gasteiger partial charge in [-0.1, -0.05) is 25.1 Å². The lowest BCUT2D eigenvalue weighted by Crippen LogP contribution is -2.48. The molecule has 1 aliphatic heterocycles. The molecule has 0 radical (unpaired) electrons. The molecule has 3 rings (SSSR count). The molecule has 1 aromatic rings. The van der Waals surface area contributed by atoms with Crippen LogP contribution in [-0.4, -0.2) is 31.6 Å². The molecule has 0 amide bonds. The summed E-state index contributed by atoms with van der Waals surface area (Å²) in [5.74, 6) is 0.0821. The Kier molecular flexibility index (Phi) is 5.41. The number of hydrogen-bond donors (Lipinski definition) is 1. The Morgan fingerprint density at radius 3 is 2.43 bits per heavy atom. The van der Waals surface area contributed by atoms with Crippen LogP contribution in [0.25, 0.3) is 0 Å². The normalized spacial score (nSPS) is 23.6. The summed E-state index contributed by atoms with van der Waals surface area (Å²) in [4.78, 5) is 2.29. The Bertz CT molecular complexity index is 925. The van der Waals surface area contributed by atoms with E-state index in [0.29, 0.717) is 12.3 Å². The number of hydrogen-bond acceptors (Lipinski definition) is 6. The van der Waals surface area contributed by atoms with Crippen LogP contribution in [0.15, 0.2) is 47.2 Å². The molecule has 6 heteroatoms. The average Bonchev–Trinajstić information content (AvgIpc) is 2.73. The number of fused-ring (bicyclic) bond motifs is 1. The van der Waals surface area contributed by atoms with Crippen molar-refractivity contribution in [2.24, 2.45) is 17.1 Å². The average molecular weight is 373 g/mol. The Hall–Kier alpha value is -3.27. The fraction of sp³-hybridized carbons (Fsp3) is 0.409. The molecule has 2 N–H and O–H groups in total. The Labute approximate surface area is 165 Å². The van der Waals surface area contributed by atoms with E-state index >= 15 is 0 Å². The fourth-order valence-corrected chi connectivity index (χ4v) is 4.43. The van der Waals surface area contributed by atoms with Gasteiger partial charge in [0.25, 0.3) is 0 Å². The van der Waals surface area contributed by atoms with Crippen LogP contribution in [0.2, 0.25) is 0 Å². The number of ether oxygens (including phenoxy) is 1. The van der Waals surface area contributed by atoms with Crippen LogP contribution in [0.5, 0.6) is 5.75 Å². The molecule has 1 aliphatic carbocycles. The highest BCUT2D eigenvalue weighted by atomic mass is 16.5. The first-order chi connectivity index (χ1) is 13.6. The van der Waals surface area contributed by atoms with Crippen molar-refractivity contribution in [3.05, 3.63) is 52.7 Å². The zero-order valence-electron chi connectivity index (χ0n) is 16.1. The number of nitrogens with two attached hydrogens (primary N) is 1. The number of nitrogens with zero attached hydrogens (tertiary/aromatic N) is 4. The lowest BCUT2D eigenvalue weighted by Gasteiger charge is -2.45. The summed E-state index contributed by atoms with van der Waals surface area (Å²) in [7, 11) is 1.59. The van der Waals surface area contributed by atoms with Gasteiger partial charge < -0.3 is 10.5 Å². The van der Waals surface area contributed by atoms with Crippen LogP contribution in [0.1, 0.15) is 24.8 Å². The van der Waals surface area contributed by atoms with Crippen molar-refractivity contribution in [1.29, 1.82) is 15.8 Å². The van der Waals surface area contributed by atoms with Gasteiger partial charge in [0.2, 0.25) is 0 Å². The minimum absolute atomic E-state index is 0.0623. The maximum Gasteiger partial charge on any atom is 0.191 e. The second kappa shape index (κ2) is 7.77. The molecule has 2 aliphatic rings. The molecule has 0 aromatic heterocycles. The number of allylic oxidation sites excluding steroid dienone is 2. The molecule has 0 fully saturated rings. The summed E-state index contributed by atoms with van der Waals surface area (Å²) in [6.45, 7) is 4.46. The molecule has 1 heterocycles. The summed E-state index contributed by atoms with van der Waals surface area (Å²) in [6, 6.07) is 13.9. The quantitative estimate of drug-likeness (QED) is 0.869. The second-order valence-electron chi connectivity index (χ2n) is 7.21. The smallest absolute Gasteiger partial charge is 0.191 e. The van der Waals surface area contributed by atoms with Crippen LogP contribution >= 0.6 is 0 Å². The van der Waals surface area contributed by atoms with Gasteiger partial charge in [0, 0.05) is 24.9 Å². The van der Waals surface area contributed by atoms with Crippen molar-refractivity contribution in [2.75, 3.05) is 26.7 Å². The minimum Gasteiger partial charge on any atom is -0.497 e. The van der Waals surface area contributed by atoms with Crippen LogP contribution in [0.3, 0.4) is 0 Å². The lowest BCUT2D eigenvalue weighted by molar-refractivity contribution is 0.207. The second-order valence-corrected chi connectivity index (χ2v) is 7.21. The molecule has 6 nitrogen and oxygen atoms in total. The molecule has 0 saturated heterocycles. The largest absolute Gasteiger partial charge is 0.497 e. The van der Waals surface area contributed by atoms with E-state index in [1.54, 1.807) is 7.11 Å². The third kappa shape index (κ3) is 2.91. The summed E-state index contributed by atoms with van der Waals surface area (Å²) in [5, 5.41) is 29.9. The highest BCUT2D eigenvalue weighted by Crippen LogP contribution is 2.54. The molecule has 142 valence electrons. The highest BCUT2D eigenvalue weighted by molar-refractivity contribution is 5.59. The summed E-state index contributed by atoms with van der Waals surface area (Å²) in [6.07, 6.45) is 3.04. The molecular formula is C22H23N5O. The van der Waals surface area contributed by atoms with E-state index in [4.69, 9.17) is 10.5 Å². The Balaban J connectivity index is 2.23. The van der Waals surface area contributed by atoms with E-state index < -0.39 is 11.3 Å². The van der Waals surface area contributed by atoms with Gasteiger partial charge >= 0.3 is 0 Å². The van der Waals surface area contributed by atoms with Gasteiger partial charge in [-0.3, -0.25) is 4.90 Å². The Morgan fingerprint density at radius 1 is 1.21 bits per heavy atom. The SMILES string of the molecule is CCCN1CC=C2C(C#N)=C(N)C(C#N)(C#N)C(c3ccc(OC)cc3)C2C1. The monoisotopic (exact) mass is 373 g/mol. The number of rotatable bonds is 4. The summed E-state index contributed by atoms with van der Waals surface area (Å²) in [5.41, 5.74) is 6.77. The zero-order chi connectivity index (χ0) is 20.3. The molecule has 0 saturated carbocycles. The van der Waals surface area contributed by atoms with Gasteiger partial charge in [0.1, 0.15) is 11.8 Å². The first-order valence-corrected chi connectivity index (χ1v) is 9.35. The first-order valence-electron chi connectivity index (χ1n) is 9.35. The van der Waals surface area contributed by atoms with Crippen molar-refractivity contribution >= 4 is 0 Å². The molecular weight excluding hydrogens is 350 g/mol. The molecule has 0 bridgehead atoms. The van der Waals surface area contributed by atoms with Crippen LogP contribution in [0.4, 0.5) is 0 Å². The zero-order valence-corrected chi connectivity index (χ0v) is 16.1. The van der Waals surface area contributed by atoms with Gasteiger partial charge in [0.15, 0.2) is 5.41 Å². The Morgan fingerprint density at radius 2 is 1.89 bits per heavy atom. The van der Waals surface area contributed by atoms with E-state index in [9.17, 15) is 15.8 Å². The van der Waals surface area contributed by atoms with Gasteiger partial charge in [0.05, 0.1) is 30.5 Å². The molecule has 2 unspecified atom stereocenters. The third-order valence-corrected chi connectivity index (χ3v) is 5.75. The molecule has 2 atom stereocenters. The van der Waals surface area contributed by atoms with Crippen LogP contribution < -0.4 is 10.5 Å². The van der Waals surface area contributed by atoms with Crippen molar-refractivity contribution < 1.29 is 4.74 Å². The van der Waals surface area contributed by atoms with E-state index in [1.165, 1.54) is 0 Å². The van der Waals surface area contributed by atoms with Gasteiger partial charge in [-0.15, -0.1) is 0 Å². The third-order valence-electron chi connectivity index (χ3n) is 5.75. The van der Waals surface area contributed by atoms with E-state index in [0.717, 1.165) is 30.6 Å². The predicted octanol–water partition coefficient (Wildman–Crippen LogP) is 2.83.